The molecule has 1 aromatic carbocycles. The highest BCUT2D eigenvalue weighted by Crippen LogP contribution is 2.48. The Balaban J connectivity index is 1.39. The molecule has 3 aliphatic rings. The van der Waals surface area contributed by atoms with Crippen LogP contribution in [0.1, 0.15) is 29.8 Å². The van der Waals surface area contributed by atoms with Crippen LogP contribution in [0.2, 0.25) is 0 Å². The van der Waals surface area contributed by atoms with Crippen molar-refractivity contribution in [3.8, 4) is 11.3 Å². The molecule has 40 heavy (non-hydrogen) atoms. The second kappa shape index (κ2) is 9.76. The van der Waals surface area contributed by atoms with Crippen LogP contribution in [0.5, 0.6) is 0 Å². The van der Waals surface area contributed by atoms with Crippen LogP contribution in [-0.4, -0.2) is 45.7 Å². The van der Waals surface area contributed by atoms with E-state index in [2.05, 4.69) is 20.3 Å². The fourth-order valence-corrected chi connectivity index (χ4v) is 6.74. The van der Waals surface area contributed by atoms with Crippen molar-refractivity contribution in [2.75, 3.05) is 0 Å². The van der Waals surface area contributed by atoms with Crippen molar-refractivity contribution in [1.82, 2.24) is 24.6 Å². The highest BCUT2D eigenvalue weighted by Gasteiger charge is 2.58. The Morgan fingerprint density at radius 2 is 1.57 bits per heavy atom. The normalized spacial score (nSPS) is 21.2. The van der Waals surface area contributed by atoms with Gasteiger partial charge in [-0.3, -0.25) is 9.78 Å². The molecule has 2 aliphatic heterocycles. The molecular formula is C24H18F7N5O3S. The Bertz CT molecular complexity index is 1540. The van der Waals surface area contributed by atoms with Crippen LogP contribution < -0.4 is 5.32 Å². The van der Waals surface area contributed by atoms with Gasteiger partial charge in [-0.05, 0) is 54.7 Å². The summed E-state index contributed by atoms with van der Waals surface area (Å²) < 4.78 is 120. The van der Waals surface area contributed by atoms with Gasteiger partial charge in [-0.2, -0.15) is 30.6 Å². The third kappa shape index (κ3) is 5.12. The van der Waals surface area contributed by atoms with E-state index in [0.717, 1.165) is 47.0 Å². The van der Waals surface area contributed by atoms with Gasteiger partial charge in [0.05, 0.1) is 16.2 Å². The van der Waals surface area contributed by atoms with E-state index in [1.807, 2.05) is 0 Å². The van der Waals surface area contributed by atoms with Crippen LogP contribution in [0, 0.1) is 11.7 Å². The molecule has 16 heteroatoms. The molecule has 1 saturated carbocycles. The zero-order valence-electron chi connectivity index (χ0n) is 20.0. The summed E-state index contributed by atoms with van der Waals surface area (Å²) in [6.07, 6.45) is -6.92. The minimum atomic E-state index is -4.88. The van der Waals surface area contributed by atoms with Crippen molar-refractivity contribution >= 4 is 15.9 Å². The standard InChI is InChI=1S/C24H18F7N5O3S/c25-15-1-3-17(4-2-15)40(38,39)36-16-5-12(6-16)20(36)21(37)33-8-13-7-19(32-11-18(13)23(26,27)28)14-9-34-22(35-10-14)24(29,30)31/h1-4,7,9-12,16,20H,5-6,8H2,(H,33,37). The molecule has 0 radical (unpaired) electrons. The van der Waals surface area contributed by atoms with Gasteiger partial charge in [0.25, 0.3) is 0 Å². The van der Waals surface area contributed by atoms with Crippen LogP contribution in [0.4, 0.5) is 30.7 Å². The summed E-state index contributed by atoms with van der Waals surface area (Å²) in [5, 5.41) is 2.37. The molecule has 3 fully saturated rings. The van der Waals surface area contributed by atoms with Crippen LogP contribution in [-0.2, 0) is 33.7 Å². The first kappa shape index (κ1) is 27.9. The molecule has 4 heterocycles. The number of carbonyl (C=O) groups excluding carboxylic acids is 1. The van der Waals surface area contributed by atoms with Crippen molar-refractivity contribution in [3.05, 3.63) is 71.7 Å². The van der Waals surface area contributed by atoms with Gasteiger partial charge in [-0.15, -0.1) is 0 Å². The van der Waals surface area contributed by atoms with Gasteiger partial charge in [-0.25, -0.2) is 22.8 Å². The summed E-state index contributed by atoms with van der Waals surface area (Å²) >= 11 is 0. The maximum absolute atomic E-state index is 13.7. The number of benzene rings is 1. The third-order valence-corrected chi connectivity index (χ3v) is 8.79. The van der Waals surface area contributed by atoms with E-state index in [1.54, 1.807) is 0 Å². The molecular weight excluding hydrogens is 571 g/mol. The number of nitrogens with zero attached hydrogens (tertiary/aromatic N) is 4. The maximum atomic E-state index is 13.7. The number of alkyl halides is 6. The number of nitrogens with one attached hydrogen (secondary N) is 1. The number of fused-ring (bicyclic) bond motifs is 1. The third-order valence-electron chi connectivity index (χ3n) is 6.84. The quantitative estimate of drug-likeness (QED) is 0.433. The smallest absolute Gasteiger partial charge is 0.351 e. The van der Waals surface area contributed by atoms with Crippen LogP contribution in [0.15, 0.2) is 53.8 Å². The lowest BCUT2D eigenvalue weighted by Crippen LogP contribution is -2.46. The van der Waals surface area contributed by atoms with Gasteiger partial charge in [-0.1, -0.05) is 0 Å². The van der Waals surface area contributed by atoms with Gasteiger partial charge in [0.2, 0.25) is 21.8 Å². The zero-order valence-corrected chi connectivity index (χ0v) is 20.9. The van der Waals surface area contributed by atoms with E-state index in [9.17, 15) is 43.9 Å². The second-order valence-corrected chi connectivity index (χ2v) is 11.2. The van der Waals surface area contributed by atoms with Gasteiger partial charge < -0.3 is 5.32 Å². The van der Waals surface area contributed by atoms with E-state index in [0.29, 0.717) is 19.0 Å². The predicted molar refractivity (Wildman–Crippen MR) is 123 cm³/mol. The summed E-state index contributed by atoms with van der Waals surface area (Å²) in [5.41, 5.74) is -1.92. The van der Waals surface area contributed by atoms with Crippen molar-refractivity contribution in [1.29, 1.82) is 0 Å². The highest BCUT2D eigenvalue weighted by atomic mass is 32.2. The van der Waals surface area contributed by atoms with E-state index < -0.39 is 69.7 Å². The monoisotopic (exact) mass is 589 g/mol. The minimum Gasteiger partial charge on any atom is -0.351 e. The molecule has 2 bridgehead atoms. The van der Waals surface area contributed by atoms with E-state index in [1.165, 1.54) is 0 Å². The van der Waals surface area contributed by atoms with Gasteiger partial charge in [0.1, 0.15) is 11.9 Å². The van der Waals surface area contributed by atoms with Crippen LogP contribution >= 0.6 is 0 Å². The lowest BCUT2D eigenvalue weighted by atomic mass is 9.83. The van der Waals surface area contributed by atoms with E-state index in [4.69, 9.17) is 0 Å². The van der Waals surface area contributed by atoms with Crippen molar-refractivity contribution in [3.63, 3.8) is 0 Å². The number of rotatable bonds is 6. The summed E-state index contributed by atoms with van der Waals surface area (Å²) in [4.78, 5) is 22.9. The molecule has 8 nitrogen and oxygen atoms in total. The zero-order chi connectivity index (χ0) is 29.0. The Labute approximate surface area is 222 Å². The van der Waals surface area contributed by atoms with Crippen molar-refractivity contribution < 1.29 is 43.9 Å². The van der Waals surface area contributed by atoms with E-state index in [-0.39, 0.29) is 22.1 Å². The molecule has 1 amide bonds. The number of amides is 1. The van der Waals surface area contributed by atoms with Gasteiger partial charge in [0, 0.05) is 36.7 Å². The van der Waals surface area contributed by atoms with Crippen molar-refractivity contribution in [2.24, 2.45) is 5.92 Å². The Kier molecular flexibility index (Phi) is 6.81. The molecule has 1 atom stereocenters. The maximum Gasteiger partial charge on any atom is 0.451 e. The summed E-state index contributed by atoms with van der Waals surface area (Å²) in [6.45, 7) is -0.678. The van der Waals surface area contributed by atoms with Gasteiger partial charge >= 0.3 is 12.4 Å². The molecule has 212 valence electrons. The summed E-state index contributed by atoms with van der Waals surface area (Å²) in [5.74, 6) is -3.26. The Hall–Kier alpha value is -3.66. The molecule has 6 rings (SSSR count). The molecule has 0 spiro atoms. The fraction of sp³-hybridized carbons (Fsp3) is 0.333. The molecule has 1 N–H and O–H groups in total. The Morgan fingerprint density at radius 1 is 0.950 bits per heavy atom. The molecule has 1 unspecified atom stereocenters. The Morgan fingerprint density at radius 3 is 2.15 bits per heavy atom. The molecule has 2 aromatic heterocycles. The number of hydrogen-bond donors (Lipinski definition) is 1. The average molecular weight is 589 g/mol. The summed E-state index contributed by atoms with van der Waals surface area (Å²) in [7, 11) is -4.21. The first-order valence-electron chi connectivity index (χ1n) is 11.7. The number of halogens is 7. The first-order valence-corrected chi connectivity index (χ1v) is 13.1. The molecule has 3 aromatic rings. The highest BCUT2D eigenvalue weighted by molar-refractivity contribution is 7.89. The topological polar surface area (TPSA) is 105 Å². The second-order valence-electron chi connectivity index (χ2n) is 9.35. The lowest BCUT2D eigenvalue weighted by Gasteiger charge is -2.25. The van der Waals surface area contributed by atoms with E-state index >= 15 is 0 Å². The number of hydrogen-bond acceptors (Lipinski definition) is 6. The SMILES string of the molecule is O=C(NCc1cc(-c2cnc(C(F)(F)F)nc2)ncc1C(F)(F)F)C1C2CC(C2)N1S(=O)(=O)c1ccc(F)cc1. The molecule has 2 saturated heterocycles. The lowest BCUT2D eigenvalue weighted by molar-refractivity contribution is -0.145. The van der Waals surface area contributed by atoms with Gasteiger partial charge in [0.15, 0.2) is 0 Å². The average Bonchev–Trinajstić information content (AvgIpc) is 3.44. The minimum absolute atomic E-state index is 0.0949. The number of pyridine rings is 1. The fourth-order valence-electron chi connectivity index (χ4n) is 4.88. The predicted octanol–water partition coefficient (Wildman–Crippen LogP) is 4.18. The number of aromatic nitrogens is 3. The van der Waals surface area contributed by atoms with Crippen LogP contribution in [0.3, 0.4) is 0 Å². The largest absolute Gasteiger partial charge is 0.451 e. The molecule has 1 aliphatic carbocycles. The van der Waals surface area contributed by atoms with Crippen LogP contribution in [0.25, 0.3) is 11.3 Å². The van der Waals surface area contributed by atoms with Crippen molar-refractivity contribution in [2.45, 2.75) is 48.7 Å². The number of sulfonamides is 1. The first-order chi connectivity index (χ1) is 18.7. The summed E-state index contributed by atoms with van der Waals surface area (Å²) in [6, 6.07) is 3.33. The number of carbonyl (C=O) groups is 1.